The molecule has 1 fully saturated rings. The lowest BCUT2D eigenvalue weighted by Gasteiger charge is -2.03. The molecule has 146 valence electrons. The molecule has 2 aromatic carbocycles. The Balaban J connectivity index is 1.80. The van der Waals surface area contributed by atoms with E-state index in [-0.39, 0.29) is 17.2 Å². The van der Waals surface area contributed by atoms with Crippen molar-refractivity contribution in [2.75, 3.05) is 7.11 Å². The zero-order valence-electron chi connectivity index (χ0n) is 15.2. The van der Waals surface area contributed by atoms with Gasteiger partial charge in [-0.1, -0.05) is 30.3 Å². The van der Waals surface area contributed by atoms with Crippen LogP contribution in [0, 0.1) is 10.1 Å². The van der Waals surface area contributed by atoms with E-state index in [2.05, 4.69) is 10.3 Å². The Morgan fingerprint density at radius 1 is 1.21 bits per heavy atom. The van der Waals surface area contributed by atoms with E-state index in [1.54, 1.807) is 60.7 Å². The summed E-state index contributed by atoms with van der Waals surface area (Å²) in [5, 5.41) is 14.0. The summed E-state index contributed by atoms with van der Waals surface area (Å²) in [7, 11) is 1.28. The fourth-order valence-corrected chi connectivity index (χ4v) is 3.28. The topological polar surface area (TPSA) is 111 Å². The summed E-state index contributed by atoms with van der Waals surface area (Å²) in [5.74, 6) is -0.876. The molecule has 0 spiro atoms. The quantitative estimate of drug-likeness (QED) is 0.348. The second kappa shape index (κ2) is 8.98. The average molecular weight is 409 g/mol. The van der Waals surface area contributed by atoms with E-state index in [9.17, 15) is 19.7 Å². The molecule has 1 amide bonds. The summed E-state index contributed by atoms with van der Waals surface area (Å²) in [6.45, 7) is 0. The highest BCUT2D eigenvalue weighted by Gasteiger charge is 2.24. The third kappa shape index (κ3) is 4.77. The Hall–Kier alpha value is -3.72. The van der Waals surface area contributed by atoms with Crippen molar-refractivity contribution < 1.29 is 19.2 Å². The van der Waals surface area contributed by atoms with Gasteiger partial charge >= 0.3 is 5.97 Å². The predicted octanol–water partition coefficient (Wildman–Crippen LogP) is 3.83. The largest absolute Gasteiger partial charge is 0.465 e. The fourth-order valence-electron chi connectivity index (χ4n) is 2.49. The maximum absolute atomic E-state index is 12.2. The molecule has 0 aromatic heterocycles. The summed E-state index contributed by atoms with van der Waals surface area (Å²) < 4.78 is 4.73. The molecule has 1 aliphatic rings. The maximum Gasteiger partial charge on any atom is 0.340 e. The number of carbonyl (C=O) groups is 2. The number of methoxy groups -OCH3 is 1. The molecular weight excluding hydrogens is 394 g/mol. The van der Waals surface area contributed by atoms with Gasteiger partial charge in [0.2, 0.25) is 0 Å². The average Bonchev–Trinajstić information content (AvgIpc) is 3.07. The monoisotopic (exact) mass is 409 g/mol. The van der Waals surface area contributed by atoms with Gasteiger partial charge in [0.25, 0.3) is 11.6 Å². The van der Waals surface area contributed by atoms with Gasteiger partial charge in [-0.2, -0.15) is 0 Å². The number of thioether (sulfide) groups is 1. The third-order valence-corrected chi connectivity index (χ3v) is 4.77. The summed E-state index contributed by atoms with van der Waals surface area (Å²) in [6, 6.07) is 12.9. The Morgan fingerprint density at radius 2 is 1.93 bits per heavy atom. The van der Waals surface area contributed by atoms with Crippen molar-refractivity contribution in [2.45, 2.75) is 0 Å². The number of carbonyl (C=O) groups excluding carboxylic acids is 2. The number of nitro benzene ring substituents is 1. The number of ether oxygens (including phenoxy) is 1. The molecule has 9 heteroatoms. The lowest BCUT2D eigenvalue weighted by molar-refractivity contribution is -0.385. The molecule has 8 nitrogen and oxygen atoms in total. The molecule has 2 aromatic rings. The Bertz CT molecular complexity index is 1080. The number of nitrogens with zero attached hydrogens (tertiary/aromatic N) is 2. The smallest absolute Gasteiger partial charge is 0.340 e. The molecule has 0 unspecified atom stereocenters. The SMILES string of the molecule is COC(=O)c1ccccc1N=C1NC(=O)/C(=C/C=C/c2ccccc2[N+](=O)[O-])S1. The van der Waals surface area contributed by atoms with E-state index in [0.717, 1.165) is 11.8 Å². The second-order valence-electron chi connectivity index (χ2n) is 5.69. The van der Waals surface area contributed by atoms with E-state index in [0.29, 0.717) is 21.3 Å². The maximum atomic E-state index is 12.2. The zero-order chi connectivity index (χ0) is 20.8. The Morgan fingerprint density at radius 3 is 2.69 bits per heavy atom. The van der Waals surface area contributed by atoms with Crippen LogP contribution in [0.4, 0.5) is 11.4 Å². The van der Waals surface area contributed by atoms with Gasteiger partial charge in [0.1, 0.15) is 0 Å². The number of nitro groups is 1. The van der Waals surface area contributed by atoms with Crippen LogP contribution in [0.3, 0.4) is 0 Å². The third-order valence-electron chi connectivity index (χ3n) is 3.84. The van der Waals surface area contributed by atoms with Crippen LogP contribution in [0.25, 0.3) is 6.08 Å². The van der Waals surface area contributed by atoms with Crippen molar-refractivity contribution >= 4 is 46.3 Å². The van der Waals surface area contributed by atoms with E-state index >= 15 is 0 Å². The minimum atomic E-state index is -0.526. The van der Waals surface area contributed by atoms with Crippen molar-refractivity contribution in [1.82, 2.24) is 5.32 Å². The summed E-state index contributed by atoms with van der Waals surface area (Å²) in [5.41, 5.74) is 1.07. The number of amides is 1. The van der Waals surface area contributed by atoms with Gasteiger partial charge in [-0.25, -0.2) is 9.79 Å². The van der Waals surface area contributed by atoms with Crippen LogP contribution in [-0.4, -0.2) is 29.1 Å². The number of benzene rings is 2. The highest BCUT2D eigenvalue weighted by molar-refractivity contribution is 8.18. The van der Waals surface area contributed by atoms with Gasteiger partial charge in [0.05, 0.1) is 33.8 Å². The number of amidine groups is 1. The van der Waals surface area contributed by atoms with Crippen LogP contribution in [0.1, 0.15) is 15.9 Å². The standard InChI is InChI=1S/C20H15N3O5S/c1-28-19(25)14-9-3-4-10-15(14)21-20-22-18(24)17(29-20)12-6-8-13-7-2-5-11-16(13)23(26)27/h2-12H,1H3,(H,21,22,24)/b8-6+,17-12-. The van der Waals surface area contributed by atoms with Crippen molar-refractivity contribution in [3.8, 4) is 0 Å². The molecule has 0 radical (unpaired) electrons. The first-order valence-electron chi connectivity index (χ1n) is 8.36. The molecule has 1 aliphatic heterocycles. The number of para-hydroxylation sites is 2. The van der Waals surface area contributed by atoms with Gasteiger partial charge in [-0.15, -0.1) is 0 Å². The number of nitrogens with one attached hydrogen (secondary N) is 1. The Labute approximate surface area is 170 Å². The minimum Gasteiger partial charge on any atom is -0.465 e. The number of hydrogen-bond donors (Lipinski definition) is 1. The van der Waals surface area contributed by atoms with Crippen molar-refractivity contribution in [1.29, 1.82) is 0 Å². The first kappa shape index (κ1) is 20.0. The van der Waals surface area contributed by atoms with Crippen molar-refractivity contribution in [2.24, 2.45) is 4.99 Å². The van der Waals surface area contributed by atoms with Gasteiger partial charge in [-0.05, 0) is 42.1 Å². The predicted molar refractivity (Wildman–Crippen MR) is 111 cm³/mol. The number of rotatable bonds is 5. The van der Waals surface area contributed by atoms with E-state index < -0.39 is 10.9 Å². The molecule has 0 aliphatic carbocycles. The van der Waals surface area contributed by atoms with Gasteiger partial charge in [-0.3, -0.25) is 14.9 Å². The number of allylic oxidation sites excluding steroid dienone is 2. The summed E-state index contributed by atoms with van der Waals surface area (Å²) >= 11 is 1.10. The number of hydrogen-bond acceptors (Lipinski definition) is 7. The molecule has 29 heavy (non-hydrogen) atoms. The van der Waals surface area contributed by atoms with Crippen LogP contribution < -0.4 is 5.32 Å². The molecular formula is C20H15N3O5S. The lowest BCUT2D eigenvalue weighted by atomic mass is 10.1. The summed E-state index contributed by atoms with van der Waals surface area (Å²) in [4.78, 5) is 39.3. The highest BCUT2D eigenvalue weighted by Crippen LogP contribution is 2.28. The minimum absolute atomic E-state index is 0.0210. The Kier molecular flexibility index (Phi) is 6.20. The van der Waals surface area contributed by atoms with E-state index in [1.165, 1.54) is 13.2 Å². The molecule has 1 N–H and O–H groups in total. The van der Waals surface area contributed by atoms with Gasteiger partial charge < -0.3 is 10.1 Å². The van der Waals surface area contributed by atoms with Gasteiger partial charge in [0, 0.05) is 6.07 Å². The van der Waals surface area contributed by atoms with Crippen molar-refractivity contribution in [3.05, 3.63) is 86.8 Å². The van der Waals surface area contributed by atoms with Crippen LogP contribution in [0.15, 0.2) is 70.6 Å². The fraction of sp³-hybridized carbons (Fsp3) is 0.0500. The van der Waals surface area contributed by atoms with Crippen molar-refractivity contribution in [3.63, 3.8) is 0 Å². The van der Waals surface area contributed by atoms with Crippen LogP contribution >= 0.6 is 11.8 Å². The molecule has 1 saturated heterocycles. The number of aliphatic imine (C=N–C) groups is 1. The molecule has 1 heterocycles. The lowest BCUT2D eigenvalue weighted by Crippen LogP contribution is -2.19. The van der Waals surface area contributed by atoms with E-state index in [4.69, 9.17) is 4.74 Å². The highest BCUT2D eigenvalue weighted by atomic mass is 32.2. The van der Waals surface area contributed by atoms with Crippen LogP contribution in [0.2, 0.25) is 0 Å². The summed E-state index contributed by atoms with van der Waals surface area (Å²) in [6.07, 6.45) is 4.67. The molecule has 0 saturated carbocycles. The van der Waals surface area contributed by atoms with Crippen LogP contribution in [0.5, 0.6) is 0 Å². The van der Waals surface area contributed by atoms with Crippen LogP contribution in [-0.2, 0) is 9.53 Å². The van der Waals surface area contributed by atoms with Gasteiger partial charge in [0.15, 0.2) is 5.17 Å². The molecule has 0 atom stereocenters. The first-order chi connectivity index (χ1) is 14.0. The second-order valence-corrected chi connectivity index (χ2v) is 6.72. The molecule has 0 bridgehead atoms. The van der Waals surface area contributed by atoms with E-state index in [1.807, 2.05) is 0 Å². The molecule has 3 rings (SSSR count). The normalized spacial score (nSPS) is 16.4. The number of esters is 1. The first-order valence-corrected chi connectivity index (χ1v) is 9.18. The zero-order valence-corrected chi connectivity index (χ0v) is 16.0.